The molecule has 0 fully saturated rings. The van der Waals surface area contributed by atoms with Crippen molar-refractivity contribution in [2.75, 3.05) is 19.0 Å². The minimum atomic E-state index is -1.22. The Balaban J connectivity index is 1.71. The highest BCUT2D eigenvalue weighted by atomic mass is 127. The molecule has 11 heteroatoms. The third-order valence-electron chi connectivity index (χ3n) is 6.23. The largest absolute Gasteiger partial charge is 0.493 e. The van der Waals surface area contributed by atoms with E-state index in [-0.39, 0.29) is 23.9 Å². The molecule has 0 unspecified atom stereocenters. The number of likely N-dealkylation sites (N-methyl/N-ethyl adjacent to an activating group) is 1. The van der Waals surface area contributed by atoms with Gasteiger partial charge in [-0.15, -0.1) is 0 Å². The lowest BCUT2D eigenvalue weighted by Gasteiger charge is -2.25. The number of nitrogens with zero attached hydrogens (tertiary/aromatic N) is 1. The Labute approximate surface area is 237 Å². The molecule has 3 aromatic carbocycles. The quantitative estimate of drug-likeness (QED) is 0.201. The van der Waals surface area contributed by atoms with Crippen LogP contribution in [0.1, 0.15) is 24.4 Å². The van der Waals surface area contributed by atoms with Crippen LogP contribution in [0.4, 0.5) is 10.1 Å². The van der Waals surface area contributed by atoms with Gasteiger partial charge in [-0.25, -0.2) is 13.8 Å². The van der Waals surface area contributed by atoms with Gasteiger partial charge in [0.1, 0.15) is 23.3 Å². The molecule has 0 spiro atoms. The Kier molecular flexibility index (Phi) is 8.69. The number of carbonyl (C=O) groups excluding carboxylic acids is 2. The first-order valence-corrected chi connectivity index (χ1v) is 13.1. The molecule has 39 heavy (non-hydrogen) atoms. The van der Waals surface area contributed by atoms with Gasteiger partial charge in [0.15, 0.2) is 6.61 Å². The standard InChI is InChI=1S/C28H26FIN4O5/c1-16(17-6-4-3-5-7-17)25(26(36)32-22-13-10-19(30)14-21(22)29)34-27(37)24(33-28(34)38)18-8-11-20(12-9-18)39-15-23(35)31-2/h3-14,16,25,37H,15H2,1-2H3,(H,31,35)(H,32,36)(H,33,38)/t16-,25+/m0/s1. The fourth-order valence-corrected chi connectivity index (χ4v) is 4.60. The van der Waals surface area contributed by atoms with Crippen molar-refractivity contribution in [1.82, 2.24) is 14.9 Å². The van der Waals surface area contributed by atoms with Gasteiger partial charge in [-0.05, 0) is 70.6 Å². The van der Waals surface area contributed by atoms with Crippen molar-refractivity contribution in [2.45, 2.75) is 18.9 Å². The number of halogens is 2. The third kappa shape index (κ3) is 6.30. The summed E-state index contributed by atoms with van der Waals surface area (Å²) in [6.45, 7) is 1.59. The zero-order valence-electron chi connectivity index (χ0n) is 21.1. The van der Waals surface area contributed by atoms with E-state index in [2.05, 4.69) is 15.6 Å². The Hall–Kier alpha value is -4.13. The molecular formula is C28H26FIN4O5. The van der Waals surface area contributed by atoms with E-state index in [4.69, 9.17) is 4.74 Å². The predicted molar refractivity (Wildman–Crippen MR) is 153 cm³/mol. The van der Waals surface area contributed by atoms with Crippen LogP contribution in [0.3, 0.4) is 0 Å². The molecule has 1 aromatic heterocycles. The molecule has 4 N–H and O–H groups in total. The zero-order valence-corrected chi connectivity index (χ0v) is 23.2. The number of aromatic amines is 1. The Morgan fingerprint density at radius 3 is 2.44 bits per heavy atom. The molecule has 0 aliphatic carbocycles. The molecule has 9 nitrogen and oxygen atoms in total. The van der Waals surface area contributed by atoms with E-state index in [1.165, 1.54) is 19.2 Å². The molecule has 2 amide bonds. The molecule has 4 aromatic rings. The van der Waals surface area contributed by atoms with Crippen LogP contribution in [-0.2, 0) is 9.59 Å². The summed E-state index contributed by atoms with van der Waals surface area (Å²) < 4.78 is 21.6. The van der Waals surface area contributed by atoms with Gasteiger partial charge in [-0.2, -0.15) is 0 Å². The molecule has 4 rings (SSSR count). The smallest absolute Gasteiger partial charge is 0.329 e. The fourth-order valence-electron chi connectivity index (χ4n) is 4.14. The average Bonchev–Trinajstić information content (AvgIpc) is 3.23. The normalized spacial score (nSPS) is 12.4. The van der Waals surface area contributed by atoms with Crippen LogP contribution >= 0.6 is 22.6 Å². The first-order valence-electron chi connectivity index (χ1n) is 12.0. The van der Waals surface area contributed by atoms with E-state index in [9.17, 15) is 23.9 Å². The van der Waals surface area contributed by atoms with Gasteiger partial charge >= 0.3 is 5.69 Å². The molecule has 0 radical (unpaired) electrons. The number of nitrogens with one attached hydrogen (secondary N) is 3. The molecule has 0 saturated carbocycles. The van der Waals surface area contributed by atoms with Crippen LogP contribution in [0, 0.1) is 9.39 Å². The summed E-state index contributed by atoms with van der Waals surface area (Å²) in [6, 6.07) is 18.6. The van der Waals surface area contributed by atoms with Gasteiger partial charge in [0, 0.05) is 22.1 Å². The van der Waals surface area contributed by atoms with Crippen LogP contribution in [0.25, 0.3) is 11.3 Å². The van der Waals surface area contributed by atoms with Crippen LogP contribution in [-0.4, -0.2) is 40.1 Å². The van der Waals surface area contributed by atoms with Crippen molar-refractivity contribution in [3.05, 3.63) is 98.2 Å². The summed E-state index contributed by atoms with van der Waals surface area (Å²) in [7, 11) is 1.50. The summed E-state index contributed by atoms with van der Waals surface area (Å²) in [5, 5.41) is 16.2. The Morgan fingerprint density at radius 1 is 1.10 bits per heavy atom. The third-order valence-corrected chi connectivity index (χ3v) is 6.90. The SMILES string of the molecule is CNC(=O)COc1ccc(-c2[nH]c(=O)n([C@@H](C(=O)Nc3ccc(I)cc3F)[C@@H](C)c3ccccc3)c2O)cc1. The van der Waals surface area contributed by atoms with Crippen molar-refractivity contribution in [3.63, 3.8) is 0 Å². The number of aromatic nitrogens is 2. The number of benzene rings is 3. The number of H-pyrrole nitrogens is 1. The zero-order chi connectivity index (χ0) is 28.1. The number of amides is 2. The van der Waals surface area contributed by atoms with Gasteiger partial charge in [-0.1, -0.05) is 37.3 Å². The fraction of sp³-hybridized carbons (Fsp3) is 0.179. The summed E-state index contributed by atoms with van der Waals surface area (Å²) in [5.41, 5.74) is 0.532. The predicted octanol–water partition coefficient (Wildman–Crippen LogP) is 4.40. The summed E-state index contributed by atoms with van der Waals surface area (Å²) in [6.07, 6.45) is 0. The van der Waals surface area contributed by atoms with E-state index in [1.807, 2.05) is 40.8 Å². The maximum Gasteiger partial charge on any atom is 0.329 e. The first-order chi connectivity index (χ1) is 18.7. The summed E-state index contributed by atoms with van der Waals surface area (Å²) in [5.74, 6) is -2.20. The second-order valence-electron chi connectivity index (χ2n) is 8.74. The van der Waals surface area contributed by atoms with E-state index in [1.54, 1.807) is 49.4 Å². The number of hydrogen-bond donors (Lipinski definition) is 4. The maximum atomic E-state index is 14.6. The van der Waals surface area contributed by atoms with E-state index < -0.39 is 35.3 Å². The van der Waals surface area contributed by atoms with Crippen molar-refractivity contribution < 1.29 is 23.8 Å². The second kappa shape index (κ2) is 12.2. The van der Waals surface area contributed by atoms with Crippen LogP contribution in [0.15, 0.2) is 77.6 Å². The topological polar surface area (TPSA) is 125 Å². The molecule has 2 atom stereocenters. The van der Waals surface area contributed by atoms with E-state index in [0.29, 0.717) is 14.9 Å². The number of rotatable bonds is 9. The summed E-state index contributed by atoms with van der Waals surface area (Å²) >= 11 is 1.96. The number of imidazole rings is 1. The highest BCUT2D eigenvalue weighted by Crippen LogP contribution is 2.35. The number of anilines is 1. The van der Waals surface area contributed by atoms with E-state index >= 15 is 0 Å². The van der Waals surface area contributed by atoms with E-state index in [0.717, 1.165) is 10.1 Å². The molecule has 1 heterocycles. The van der Waals surface area contributed by atoms with Gasteiger partial charge in [0.25, 0.3) is 5.91 Å². The molecule has 0 bridgehead atoms. The molecular weight excluding hydrogens is 618 g/mol. The molecule has 0 saturated heterocycles. The van der Waals surface area contributed by atoms with Gasteiger partial charge in [0.2, 0.25) is 11.8 Å². The van der Waals surface area contributed by atoms with Gasteiger partial charge in [0.05, 0.1) is 5.69 Å². The number of ether oxygens (including phenoxy) is 1. The minimum Gasteiger partial charge on any atom is -0.493 e. The lowest BCUT2D eigenvalue weighted by molar-refractivity contribution is -0.122. The average molecular weight is 644 g/mol. The highest BCUT2D eigenvalue weighted by molar-refractivity contribution is 14.1. The summed E-state index contributed by atoms with van der Waals surface area (Å²) in [4.78, 5) is 40.8. The van der Waals surface area contributed by atoms with Gasteiger partial charge in [-0.3, -0.25) is 9.59 Å². The van der Waals surface area contributed by atoms with Crippen LogP contribution in [0.5, 0.6) is 11.6 Å². The maximum absolute atomic E-state index is 14.6. The first kappa shape index (κ1) is 27.9. The van der Waals surface area contributed by atoms with Crippen molar-refractivity contribution in [1.29, 1.82) is 0 Å². The van der Waals surface area contributed by atoms with Gasteiger partial charge < -0.3 is 25.5 Å². The number of aromatic hydroxyl groups is 1. The minimum absolute atomic E-state index is 0.0404. The lowest BCUT2D eigenvalue weighted by atomic mass is 9.92. The Morgan fingerprint density at radius 2 is 1.79 bits per heavy atom. The van der Waals surface area contributed by atoms with Crippen LogP contribution in [0.2, 0.25) is 0 Å². The van der Waals surface area contributed by atoms with Crippen molar-refractivity contribution >= 4 is 40.1 Å². The lowest BCUT2D eigenvalue weighted by Crippen LogP contribution is -2.35. The Bertz CT molecular complexity index is 1540. The number of hydrogen-bond acceptors (Lipinski definition) is 5. The van der Waals surface area contributed by atoms with Crippen LogP contribution < -0.4 is 21.1 Å². The van der Waals surface area contributed by atoms with Crippen molar-refractivity contribution in [3.8, 4) is 22.9 Å². The molecule has 0 aliphatic heterocycles. The van der Waals surface area contributed by atoms with Crippen molar-refractivity contribution in [2.24, 2.45) is 0 Å². The number of carbonyl (C=O) groups is 2. The highest BCUT2D eigenvalue weighted by Gasteiger charge is 2.33. The molecule has 0 aliphatic rings. The second-order valence-corrected chi connectivity index (χ2v) is 9.99. The molecule has 202 valence electrons. The monoisotopic (exact) mass is 644 g/mol.